The number of nitrogens with one attached hydrogen (secondary N) is 1. The van der Waals surface area contributed by atoms with Gasteiger partial charge in [-0.15, -0.1) is 0 Å². The SMILES string of the molecule is CC1(C)CCCC(Nc2ccc(F)c(N)c2C(=O)O)C1. The molecule has 5 heteroatoms. The van der Waals surface area contributed by atoms with Crippen LogP contribution in [0, 0.1) is 11.2 Å². The summed E-state index contributed by atoms with van der Waals surface area (Å²) in [6.45, 7) is 4.41. The number of carboxylic acid groups (broad SMARTS) is 1. The number of halogens is 1. The van der Waals surface area contributed by atoms with E-state index in [1.165, 1.54) is 18.6 Å². The number of anilines is 2. The molecule has 0 saturated heterocycles. The molecular weight excluding hydrogens is 259 g/mol. The molecule has 0 radical (unpaired) electrons. The van der Waals surface area contributed by atoms with Crippen LogP contribution in [0.3, 0.4) is 0 Å². The summed E-state index contributed by atoms with van der Waals surface area (Å²) in [6, 6.07) is 2.86. The quantitative estimate of drug-likeness (QED) is 0.741. The van der Waals surface area contributed by atoms with Gasteiger partial charge in [0, 0.05) is 6.04 Å². The van der Waals surface area contributed by atoms with Crippen LogP contribution in [-0.4, -0.2) is 17.1 Å². The Morgan fingerprint density at radius 1 is 1.50 bits per heavy atom. The molecule has 1 aliphatic rings. The molecule has 1 aliphatic carbocycles. The van der Waals surface area contributed by atoms with Gasteiger partial charge in [0.2, 0.25) is 0 Å². The first-order chi connectivity index (χ1) is 9.30. The highest BCUT2D eigenvalue weighted by molar-refractivity contribution is 6.00. The van der Waals surface area contributed by atoms with Gasteiger partial charge in [-0.3, -0.25) is 0 Å². The van der Waals surface area contributed by atoms with E-state index in [9.17, 15) is 14.3 Å². The average molecular weight is 280 g/mol. The fraction of sp³-hybridized carbons (Fsp3) is 0.533. The third-order valence-electron chi connectivity index (χ3n) is 3.97. The minimum Gasteiger partial charge on any atom is -0.478 e. The second kappa shape index (κ2) is 5.31. The highest BCUT2D eigenvalue weighted by Crippen LogP contribution is 2.37. The molecule has 0 spiro atoms. The molecule has 4 nitrogen and oxygen atoms in total. The number of rotatable bonds is 3. The van der Waals surface area contributed by atoms with E-state index < -0.39 is 11.8 Å². The molecule has 0 amide bonds. The Kier molecular flexibility index (Phi) is 3.88. The molecule has 0 bridgehead atoms. The van der Waals surface area contributed by atoms with Gasteiger partial charge in [-0.05, 0) is 36.8 Å². The fourth-order valence-electron chi connectivity index (χ4n) is 2.99. The zero-order valence-corrected chi connectivity index (χ0v) is 11.9. The predicted octanol–water partition coefficient (Wildman–Crippen LogP) is 3.49. The van der Waals surface area contributed by atoms with Crippen LogP contribution in [0.1, 0.15) is 49.9 Å². The lowest BCUT2D eigenvalue weighted by molar-refractivity contribution is 0.0698. The summed E-state index contributed by atoms with van der Waals surface area (Å²) in [6.07, 6.45) is 4.22. The highest BCUT2D eigenvalue weighted by Gasteiger charge is 2.29. The van der Waals surface area contributed by atoms with E-state index in [0.717, 1.165) is 19.3 Å². The van der Waals surface area contributed by atoms with Gasteiger partial charge in [0.25, 0.3) is 0 Å². The van der Waals surface area contributed by atoms with Crippen molar-refractivity contribution in [2.75, 3.05) is 11.1 Å². The van der Waals surface area contributed by atoms with Gasteiger partial charge in [-0.1, -0.05) is 20.3 Å². The van der Waals surface area contributed by atoms with E-state index in [1.807, 2.05) is 0 Å². The predicted molar refractivity (Wildman–Crippen MR) is 77.4 cm³/mol. The Bertz CT molecular complexity index is 529. The second-order valence-electron chi connectivity index (χ2n) is 6.29. The maximum absolute atomic E-state index is 13.4. The first-order valence-electron chi connectivity index (χ1n) is 6.88. The Morgan fingerprint density at radius 2 is 2.20 bits per heavy atom. The molecule has 2 rings (SSSR count). The molecule has 1 atom stereocenters. The van der Waals surface area contributed by atoms with Gasteiger partial charge in [0.05, 0.1) is 11.4 Å². The number of nitrogens with two attached hydrogens (primary N) is 1. The molecule has 0 aromatic heterocycles. The Hall–Kier alpha value is -1.78. The van der Waals surface area contributed by atoms with E-state index in [-0.39, 0.29) is 22.7 Å². The number of carbonyl (C=O) groups is 1. The summed E-state index contributed by atoms with van der Waals surface area (Å²) < 4.78 is 13.4. The molecule has 1 aromatic carbocycles. The lowest BCUT2D eigenvalue weighted by Crippen LogP contribution is -2.32. The van der Waals surface area contributed by atoms with E-state index in [0.29, 0.717) is 5.69 Å². The molecule has 1 aromatic rings. The van der Waals surface area contributed by atoms with Crippen molar-refractivity contribution in [1.29, 1.82) is 0 Å². The van der Waals surface area contributed by atoms with Gasteiger partial charge in [0.15, 0.2) is 0 Å². The topological polar surface area (TPSA) is 75.3 Å². The number of benzene rings is 1. The number of hydrogen-bond acceptors (Lipinski definition) is 3. The van der Waals surface area contributed by atoms with Gasteiger partial charge < -0.3 is 16.2 Å². The molecular formula is C15H21FN2O2. The maximum atomic E-state index is 13.4. The van der Waals surface area contributed by atoms with E-state index in [4.69, 9.17) is 5.73 Å². The van der Waals surface area contributed by atoms with E-state index >= 15 is 0 Å². The van der Waals surface area contributed by atoms with E-state index in [1.54, 1.807) is 0 Å². The fourth-order valence-corrected chi connectivity index (χ4v) is 2.99. The van der Waals surface area contributed by atoms with Gasteiger partial charge in [-0.25, -0.2) is 9.18 Å². The van der Waals surface area contributed by atoms with Crippen molar-refractivity contribution in [2.45, 2.75) is 45.6 Å². The Morgan fingerprint density at radius 3 is 2.80 bits per heavy atom. The number of aromatic carboxylic acids is 1. The van der Waals surface area contributed by atoms with Crippen molar-refractivity contribution in [1.82, 2.24) is 0 Å². The highest BCUT2D eigenvalue weighted by atomic mass is 19.1. The molecule has 0 heterocycles. The number of hydrogen-bond donors (Lipinski definition) is 3. The van der Waals surface area contributed by atoms with Crippen molar-refractivity contribution in [3.05, 3.63) is 23.5 Å². The first kappa shape index (κ1) is 14.6. The lowest BCUT2D eigenvalue weighted by atomic mass is 9.75. The molecule has 1 fully saturated rings. The van der Waals surface area contributed by atoms with Crippen LogP contribution in [0.5, 0.6) is 0 Å². The van der Waals surface area contributed by atoms with Crippen molar-refractivity contribution in [2.24, 2.45) is 5.41 Å². The first-order valence-corrected chi connectivity index (χ1v) is 6.88. The summed E-state index contributed by atoms with van der Waals surface area (Å²) in [5.74, 6) is -1.91. The van der Waals surface area contributed by atoms with Gasteiger partial charge >= 0.3 is 5.97 Å². The van der Waals surface area contributed by atoms with Crippen molar-refractivity contribution < 1.29 is 14.3 Å². The Labute approximate surface area is 118 Å². The number of nitrogen functional groups attached to an aromatic ring is 1. The van der Waals surface area contributed by atoms with Gasteiger partial charge in [-0.2, -0.15) is 0 Å². The van der Waals surface area contributed by atoms with Crippen LogP contribution in [0.25, 0.3) is 0 Å². The molecule has 1 saturated carbocycles. The summed E-state index contributed by atoms with van der Waals surface area (Å²) in [4.78, 5) is 11.3. The summed E-state index contributed by atoms with van der Waals surface area (Å²) in [7, 11) is 0. The minimum atomic E-state index is -1.21. The lowest BCUT2D eigenvalue weighted by Gasteiger charge is -2.36. The van der Waals surface area contributed by atoms with Crippen molar-refractivity contribution in [3.8, 4) is 0 Å². The van der Waals surface area contributed by atoms with Crippen LogP contribution in [0.2, 0.25) is 0 Å². The molecule has 4 N–H and O–H groups in total. The number of carboxylic acids is 1. The molecule has 0 aliphatic heterocycles. The van der Waals surface area contributed by atoms with Crippen LogP contribution in [0.15, 0.2) is 12.1 Å². The summed E-state index contributed by atoms with van der Waals surface area (Å²) >= 11 is 0. The van der Waals surface area contributed by atoms with Crippen LogP contribution in [-0.2, 0) is 0 Å². The molecule has 110 valence electrons. The van der Waals surface area contributed by atoms with Gasteiger partial charge in [0.1, 0.15) is 11.4 Å². The standard InChI is InChI=1S/C15H21FN2O2/c1-15(2)7-3-4-9(8-15)18-11-6-5-10(16)13(17)12(11)14(19)20/h5-6,9,18H,3-4,7-8,17H2,1-2H3,(H,19,20). The largest absolute Gasteiger partial charge is 0.478 e. The zero-order valence-electron chi connectivity index (χ0n) is 11.9. The van der Waals surface area contributed by atoms with Crippen LogP contribution >= 0.6 is 0 Å². The van der Waals surface area contributed by atoms with E-state index in [2.05, 4.69) is 19.2 Å². The van der Waals surface area contributed by atoms with Crippen molar-refractivity contribution >= 4 is 17.3 Å². The average Bonchev–Trinajstić information content (AvgIpc) is 2.32. The Balaban J connectivity index is 2.25. The second-order valence-corrected chi connectivity index (χ2v) is 6.29. The third-order valence-corrected chi connectivity index (χ3v) is 3.97. The normalized spacial score (nSPS) is 21.4. The smallest absolute Gasteiger partial charge is 0.340 e. The summed E-state index contributed by atoms with van der Waals surface area (Å²) in [5.41, 5.74) is 5.71. The monoisotopic (exact) mass is 280 g/mol. The zero-order chi connectivity index (χ0) is 14.9. The van der Waals surface area contributed by atoms with Crippen LogP contribution < -0.4 is 11.1 Å². The maximum Gasteiger partial charge on any atom is 0.340 e. The minimum absolute atomic E-state index is 0.173. The third kappa shape index (κ3) is 3.03. The summed E-state index contributed by atoms with van der Waals surface area (Å²) in [5, 5.41) is 12.4. The molecule has 1 unspecified atom stereocenters. The van der Waals surface area contributed by atoms with Crippen LogP contribution in [0.4, 0.5) is 15.8 Å². The van der Waals surface area contributed by atoms with Crippen molar-refractivity contribution in [3.63, 3.8) is 0 Å². The molecule has 20 heavy (non-hydrogen) atoms.